The van der Waals surface area contributed by atoms with Crippen LogP contribution in [0.15, 0.2) is 79.1 Å². The van der Waals surface area contributed by atoms with Crippen LogP contribution in [0, 0.1) is 5.92 Å². The van der Waals surface area contributed by atoms with Crippen molar-refractivity contribution in [3.8, 4) is 5.75 Å². The number of hydrogen-bond donors (Lipinski definition) is 0. The number of hydrogen-bond acceptors (Lipinski definition) is 4. The van der Waals surface area contributed by atoms with Gasteiger partial charge in [-0.15, -0.1) is 0 Å². The van der Waals surface area contributed by atoms with Crippen LogP contribution < -0.4 is 4.74 Å². The summed E-state index contributed by atoms with van der Waals surface area (Å²) in [6.45, 7) is 2.85. The average molecular weight is 427 g/mol. The van der Waals surface area contributed by atoms with E-state index >= 15 is 0 Å². The first-order valence-electron chi connectivity index (χ1n) is 11.1. The summed E-state index contributed by atoms with van der Waals surface area (Å²) in [6, 6.07) is 21.7. The molecule has 6 nitrogen and oxygen atoms in total. The Hall–Kier alpha value is -3.67. The van der Waals surface area contributed by atoms with Crippen LogP contribution in [0.3, 0.4) is 0 Å². The Morgan fingerprint density at radius 2 is 1.66 bits per heavy atom. The Kier molecular flexibility index (Phi) is 5.83. The van der Waals surface area contributed by atoms with Gasteiger partial charge in [-0.2, -0.15) is 0 Å². The molecule has 0 N–H and O–H groups in total. The van der Waals surface area contributed by atoms with Crippen molar-refractivity contribution in [2.45, 2.75) is 26.0 Å². The van der Waals surface area contributed by atoms with E-state index < -0.39 is 0 Å². The van der Waals surface area contributed by atoms with Gasteiger partial charge in [-0.1, -0.05) is 30.3 Å². The lowest BCUT2D eigenvalue weighted by Crippen LogP contribution is -2.39. The molecule has 32 heavy (non-hydrogen) atoms. The molecule has 1 aliphatic rings. The smallest absolute Gasteiger partial charge is 0.253 e. The highest BCUT2D eigenvalue weighted by atomic mass is 16.5. The number of carbonyl (C=O) groups is 1. The summed E-state index contributed by atoms with van der Waals surface area (Å²) in [6.07, 6.45) is 5.29. The summed E-state index contributed by atoms with van der Waals surface area (Å²) < 4.78 is 8.30. The van der Waals surface area contributed by atoms with Crippen molar-refractivity contribution in [2.75, 3.05) is 13.1 Å². The molecule has 3 heterocycles. The molecule has 0 saturated carbocycles. The largest absolute Gasteiger partial charge is 0.486 e. The molecule has 0 bridgehead atoms. The molecule has 1 fully saturated rings. The van der Waals surface area contributed by atoms with Gasteiger partial charge < -0.3 is 14.2 Å². The molecule has 0 aliphatic carbocycles. The molecule has 162 valence electrons. The quantitative estimate of drug-likeness (QED) is 0.453. The number of pyridine rings is 1. The van der Waals surface area contributed by atoms with Crippen molar-refractivity contribution in [1.82, 2.24) is 19.4 Å². The van der Waals surface area contributed by atoms with Gasteiger partial charge in [0.2, 0.25) is 0 Å². The number of para-hydroxylation sites is 3. The van der Waals surface area contributed by atoms with E-state index in [1.165, 1.54) is 0 Å². The molecule has 6 heteroatoms. The number of likely N-dealkylation sites (tertiary alicyclic amines) is 1. The molecule has 2 aromatic heterocycles. The summed E-state index contributed by atoms with van der Waals surface area (Å²) in [5, 5.41) is 0. The fourth-order valence-electron chi connectivity index (χ4n) is 4.36. The molecule has 0 radical (unpaired) electrons. The standard InChI is InChI=1S/C26H26N4O2/c31-26(21-10-14-27-15-11-21)29-16-12-20(13-17-29)18-30-24-9-5-4-8-23(24)28-25(30)19-32-22-6-2-1-3-7-22/h1-11,14-15,20H,12-13,16-19H2. The van der Waals surface area contributed by atoms with Crippen molar-refractivity contribution < 1.29 is 9.53 Å². The predicted molar refractivity (Wildman–Crippen MR) is 123 cm³/mol. The Labute approximate surface area is 187 Å². The molecule has 5 rings (SSSR count). The van der Waals surface area contributed by atoms with Gasteiger partial charge in [0, 0.05) is 37.6 Å². The van der Waals surface area contributed by atoms with E-state index in [2.05, 4.69) is 21.7 Å². The van der Waals surface area contributed by atoms with Gasteiger partial charge in [-0.05, 0) is 55.2 Å². The summed E-state index contributed by atoms with van der Waals surface area (Å²) in [5.41, 5.74) is 2.83. The zero-order valence-electron chi connectivity index (χ0n) is 17.9. The molecule has 2 aromatic carbocycles. The number of ether oxygens (including phenoxy) is 1. The van der Waals surface area contributed by atoms with Gasteiger partial charge in [0.05, 0.1) is 11.0 Å². The molecular weight excluding hydrogens is 400 g/mol. The zero-order valence-corrected chi connectivity index (χ0v) is 17.9. The Morgan fingerprint density at radius 3 is 2.44 bits per heavy atom. The highest BCUT2D eigenvalue weighted by Crippen LogP contribution is 2.25. The zero-order chi connectivity index (χ0) is 21.8. The summed E-state index contributed by atoms with van der Waals surface area (Å²) >= 11 is 0. The maximum Gasteiger partial charge on any atom is 0.253 e. The minimum absolute atomic E-state index is 0.0934. The Morgan fingerprint density at radius 1 is 0.938 bits per heavy atom. The van der Waals surface area contributed by atoms with Crippen molar-refractivity contribution in [3.63, 3.8) is 0 Å². The van der Waals surface area contributed by atoms with Gasteiger partial charge in [0.1, 0.15) is 18.2 Å². The number of piperidine rings is 1. The third kappa shape index (κ3) is 4.35. The van der Waals surface area contributed by atoms with E-state index in [4.69, 9.17) is 9.72 Å². The number of carbonyl (C=O) groups excluding carboxylic acids is 1. The lowest BCUT2D eigenvalue weighted by Gasteiger charge is -2.32. The van der Waals surface area contributed by atoms with Gasteiger partial charge in [0.25, 0.3) is 5.91 Å². The second-order valence-electron chi connectivity index (χ2n) is 8.20. The lowest BCUT2D eigenvalue weighted by molar-refractivity contribution is 0.0682. The first-order valence-corrected chi connectivity index (χ1v) is 11.1. The van der Waals surface area contributed by atoms with Gasteiger partial charge >= 0.3 is 0 Å². The fraction of sp³-hybridized carbons (Fsp3) is 0.269. The fourth-order valence-corrected chi connectivity index (χ4v) is 4.36. The third-order valence-corrected chi connectivity index (χ3v) is 6.11. The number of fused-ring (bicyclic) bond motifs is 1. The number of nitrogens with zero attached hydrogens (tertiary/aromatic N) is 4. The van der Waals surface area contributed by atoms with E-state index in [-0.39, 0.29) is 5.91 Å². The second-order valence-corrected chi connectivity index (χ2v) is 8.20. The minimum atomic E-state index is 0.0934. The first kappa shape index (κ1) is 20.2. The summed E-state index contributed by atoms with van der Waals surface area (Å²) in [7, 11) is 0. The van der Waals surface area contributed by atoms with Gasteiger partial charge in [-0.25, -0.2) is 4.98 Å². The van der Waals surface area contributed by atoms with Crippen molar-refractivity contribution >= 4 is 16.9 Å². The summed E-state index contributed by atoms with van der Waals surface area (Å²) in [5.74, 6) is 2.36. The normalized spacial score (nSPS) is 14.6. The van der Waals surface area contributed by atoms with Crippen LogP contribution in [0.5, 0.6) is 5.75 Å². The van der Waals surface area contributed by atoms with Crippen LogP contribution in [0.25, 0.3) is 11.0 Å². The van der Waals surface area contributed by atoms with E-state index in [0.29, 0.717) is 18.1 Å². The van der Waals surface area contributed by atoms with Crippen LogP contribution >= 0.6 is 0 Å². The van der Waals surface area contributed by atoms with Crippen LogP contribution in [0.4, 0.5) is 0 Å². The molecule has 0 atom stereocenters. The summed E-state index contributed by atoms with van der Waals surface area (Å²) in [4.78, 5) is 23.5. The van der Waals surface area contributed by atoms with E-state index in [1.807, 2.05) is 47.4 Å². The maximum atomic E-state index is 12.7. The monoisotopic (exact) mass is 426 g/mol. The highest BCUT2D eigenvalue weighted by molar-refractivity contribution is 5.94. The molecule has 1 aliphatic heterocycles. The second kappa shape index (κ2) is 9.22. The van der Waals surface area contributed by atoms with E-state index in [1.54, 1.807) is 24.5 Å². The highest BCUT2D eigenvalue weighted by Gasteiger charge is 2.25. The first-order chi connectivity index (χ1) is 15.8. The van der Waals surface area contributed by atoms with E-state index in [9.17, 15) is 4.79 Å². The molecular formula is C26H26N4O2. The molecule has 0 unspecified atom stereocenters. The topological polar surface area (TPSA) is 60.2 Å². The Bertz CT molecular complexity index is 1180. The molecule has 4 aromatic rings. The van der Waals surface area contributed by atoms with Gasteiger partial charge in [-0.3, -0.25) is 9.78 Å². The van der Waals surface area contributed by atoms with Crippen LogP contribution in [-0.2, 0) is 13.2 Å². The number of amides is 1. The maximum absolute atomic E-state index is 12.7. The number of rotatable bonds is 6. The predicted octanol–water partition coefficient (Wildman–Crippen LogP) is 4.56. The molecule has 0 spiro atoms. The van der Waals surface area contributed by atoms with Gasteiger partial charge in [0.15, 0.2) is 0 Å². The SMILES string of the molecule is O=C(c1ccncc1)N1CCC(Cn2c(COc3ccccc3)nc3ccccc32)CC1. The van der Waals surface area contributed by atoms with Crippen LogP contribution in [0.1, 0.15) is 29.0 Å². The van der Waals surface area contributed by atoms with Crippen molar-refractivity contribution in [1.29, 1.82) is 0 Å². The number of imidazole rings is 1. The lowest BCUT2D eigenvalue weighted by atomic mass is 9.96. The van der Waals surface area contributed by atoms with Crippen LogP contribution in [0.2, 0.25) is 0 Å². The minimum Gasteiger partial charge on any atom is -0.486 e. The Balaban J connectivity index is 1.28. The van der Waals surface area contributed by atoms with Crippen LogP contribution in [-0.4, -0.2) is 38.4 Å². The molecule has 1 saturated heterocycles. The average Bonchev–Trinajstić information content (AvgIpc) is 3.21. The molecule has 1 amide bonds. The third-order valence-electron chi connectivity index (χ3n) is 6.11. The number of benzene rings is 2. The van der Waals surface area contributed by atoms with E-state index in [0.717, 1.165) is 55.1 Å². The van der Waals surface area contributed by atoms with Crippen molar-refractivity contribution in [2.24, 2.45) is 5.92 Å². The van der Waals surface area contributed by atoms with Crippen molar-refractivity contribution in [3.05, 3.63) is 90.5 Å². The number of aromatic nitrogens is 3.